The first-order valence-electron chi connectivity index (χ1n) is 6.98. The lowest BCUT2D eigenvalue weighted by Gasteiger charge is -2.35. The predicted molar refractivity (Wildman–Crippen MR) is 70.6 cm³/mol. The van der Waals surface area contributed by atoms with Crippen molar-refractivity contribution in [3.05, 3.63) is 11.7 Å². The molecule has 0 aromatic carbocycles. The highest BCUT2D eigenvalue weighted by atomic mass is 16.5. The Kier molecular flexibility index (Phi) is 4.52. The molecule has 6 nitrogen and oxygen atoms in total. The maximum atomic E-state index is 12.4. The van der Waals surface area contributed by atoms with E-state index in [9.17, 15) is 4.79 Å². The molecule has 0 atom stereocenters. The summed E-state index contributed by atoms with van der Waals surface area (Å²) in [6.45, 7) is 4.48. The predicted octanol–water partition coefficient (Wildman–Crippen LogP) is 1.50. The van der Waals surface area contributed by atoms with Gasteiger partial charge in [-0.2, -0.15) is 4.98 Å². The molecule has 1 saturated carbocycles. The molecule has 6 heteroatoms. The van der Waals surface area contributed by atoms with Gasteiger partial charge in [-0.15, -0.1) is 0 Å². The van der Waals surface area contributed by atoms with Gasteiger partial charge in [0.15, 0.2) is 0 Å². The third kappa shape index (κ3) is 3.32. The van der Waals surface area contributed by atoms with Gasteiger partial charge < -0.3 is 15.2 Å². The van der Waals surface area contributed by atoms with E-state index in [0.29, 0.717) is 5.89 Å². The van der Waals surface area contributed by atoms with Gasteiger partial charge in [-0.1, -0.05) is 12.1 Å². The fourth-order valence-electron chi connectivity index (χ4n) is 2.62. The molecule has 0 spiro atoms. The quantitative estimate of drug-likeness (QED) is 0.892. The zero-order valence-corrected chi connectivity index (χ0v) is 11.6. The standard InChI is InChI=1S/C13H22N4O2/c1-3-8-17(11-6-4-10(14)5-7-11)13(18)12-15-9(2)19-16-12/h10-11H,3-8,14H2,1-2H3. The Labute approximate surface area is 113 Å². The van der Waals surface area contributed by atoms with Gasteiger partial charge in [0.05, 0.1) is 0 Å². The van der Waals surface area contributed by atoms with Crippen LogP contribution in [0.5, 0.6) is 0 Å². The summed E-state index contributed by atoms with van der Waals surface area (Å²) in [5, 5.41) is 3.73. The maximum Gasteiger partial charge on any atom is 0.295 e. The van der Waals surface area contributed by atoms with E-state index in [1.54, 1.807) is 6.92 Å². The van der Waals surface area contributed by atoms with E-state index in [1.807, 2.05) is 4.90 Å². The summed E-state index contributed by atoms with van der Waals surface area (Å²) < 4.78 is 4.89. The Balaban J connectivity index is 2.08. The third-order valence-corrected chi connectivity index (χ3v) is 3.63. The molecule has 2 N–H and O–H groups in total. The van der Waals surface area contributed by atoms with Gasteiger partial charge in [0, 0.05) is 25.6 Å². The second-order valence-corrected chi connectivity index (χ2v) is 5.20. The minimum atomic E-state index is -0.126. The van der Waals surface area contributed by atoms with E-state index >= 15 is 0 Å². The normalized spacial score (nSPS) is 23.3. The van der Waals surface area contributed by atoms with E-state index < -0.39 is 0 Å². The SMILES string of the molecule is CCCN(C(=O)c1noc(C)n1)C1CCC(N)CC1. The van der Waals surface area contributed by atoms with Crippen LogP contribution in [0, 0.1) is 6.92 Å². The van der Waals surface area contributed by atoms with Crippen molar-refractivity contribution in [2.45, 2.75) is 58.0 Å². The van der Waals surface area contributed by atoms with Crippen molar-refractivity contribution in [3.63, 3.8) is 0 Å². The highest BCUT2D eigenvalue weighted by molar-refractivity contribution is 5.90. The summed E-state index contributed by atoms with van der Waals surface area (Å²) in [5.41, 5.74) is 5.92. The minimum Gasteiger partial charge on any atom is -0.339 e. The Morgan fingerprint density at radius 2 is 2.11 bits per heavy atom. The summed E-state index contributed by atoms with van der Waals surface area (Å²) in [6.07, 6.45) is 4.80. The highest BCUT2D eigenvalue weighted by Gasteiger charge is 2.29. The number of nitrogens with zero attached hydrogens (tertiary/aromatic N) is 3. The van der Waals surface area contributed by atoms with Gasteiger partial charge in [-0.3, -0.25) is 4.79 Å². The maximum absolute atomic E-state index is 12.4. The van der Waals surface area contributed by atoms with E-state index in [-0.39, 0.29) is 23.8 Å². The van der Waals surface area contributed by atoms with Crippen LogP contribution in [0.2, 0.25) is 0 Å². The van der Waals surface area contributed by atoms with Crippen LogP contribution in [-0.4, -0.2) is 39.6 Å². The van der Waals surface area contributed by atoms with Crippen molar-refractivity contribution < 1.29 is 9.32 Å². The molecule has 1 aromatic rings. The van der Waals surface area contributed by atoms with Crippen molar-refractivity contribution in [2.75, 3.05) is 6.54 Å². The van der Waals surface area contributed by atoms with Crippen LogP contribution < -0.4 is 5.73 Å². The first-order valence-corrected chi connectivity index (χ1v) is 6.98. The molecule has 19 heavy (non-hydrogen) atoms. The Morgan fingerprint density at radius 1 is 1.42 bits per heavy atom. The number of rotatable bonds is 4. The van der Waals surface area contributed by atoms with Crippen LogP contribution in [0.15, 0.2) is 4.52 Å². The molecule has 2 rings (SSSR count). The molecule has 1 fully saturated rings. The number of aromatic nitrogens is 2. The number of hydrogen-bond donors (Lipinski definition) is 1. The first-order chi connectivity index (χ1) is 9.11. The van der Waals surface area contributed by atoms with Gasteiger partial charge in [0.1, 0.15) is 0 Å². The molecule has 1 heterocycles. The van der Waals surface area contributed by atoms with E-state index in [2.05, 4.69) is 17.1 Å². The molecule has 0 unspecified atom stereocenters. The zero-order valence-electron chi connectivity index (χ0n) is 11.6. The van der Waals surface area contributed by atoms with Crippen molar-refractivity contribution >= 4 is 5.91 Å². The van der Waals surface area contributed by atoms with Crippen LogP contribution in [0.3, 0.4) is 0 Å². The van der Waals surface area contributed by atoms with Gasteiger partial charge in [-0.25, -0.2) is 0 Å². The van der Waals surface area contributed by atoms with Crippen molar-refractivity contribution in [3.8, 4) is 0 Å². The van der Waals surface area contributed by atoms with Gasteiger partial charge in [0.25, 0.3) is 11.7 Å². The molecule has 1 aliphatic carbocycles. The fourth-order valence-corrected chi connectivity index (χ4v) is 2.62. The minimum absolute atomic E-state index is 0.126. The summed E-state index contributed by atoms with van der Waals surface area (Å²) in [5.74, 6) is 0.463. The lowest BCUT2D eigenvalue weighted by molar-refractivity contribution is 0.0611. The number of amides is 1. The number of carbonyl (C=O) groups excluding carboxylic acids is 1. The molecular formula is C13H22N4O2. The summed E-state index contributed by atoms with van der Waals surface area (Å²) in [6, 6.07) is 0.535. The largest absolute Gasteiger partial charge is 0.339 e. The van der Waals surface area contributed by atoms with E-state index in [4.69, 9.17) is 10.3 Å². The van der Waals surface area contributed by atoms with Crippen LogP contribution in [0.1, 0.15) is 55.5 Å². The molecule has 1 aliphatic rings. The number of carbonyl (C=O) groups is 1. The summed E-state index contributed by atoms with van der Waals surface area (Å²) in [7, 11) is 0. The van der Waals surface area contributed by atoms with Crippen LogP contribution >= 0.6 is 0 Å². The Hall–Kier alpha value is -1.43. The number of nitrogens with two attached hydrogens (primary N) is 1. The topological polar surface area (TPSA) is 85.2 Å². The highest BCUT2D eigenvalue weighted by Crippen LogP contribution is 2.23. The van der Waals surface area contributed by atoms with Crippen LogP contribution in [0.4, 0.5) is 0 Å². The summed E-state index contributed by atoms with van der Waals surface area (Å²) >= 11 is 0. The molecule has 0 bridgehead atoms. The third-order valence-electron chi connectivity index (χ3n) is 3.63. The molecule has 1 aromatic heterocycles. The van der Waals surface area contributed by atoms with Crippen LogP contribution in [0.25, 0.3) is 0 Å². The lowest BCUT2D eigenvalue weighted by Crippen LogP contribution is -2.45. The van der Waals surface area contributed by atoms with Crippen LogP contribution in [-0.2, 0) is 0 Å². The van der Waals surface area contributed by atoms with E-state index in [0.717, 1.165) is 38.6 Å². The van der Waals surface area contributed by atoms with Crippen molar-refractivity contribution in [1.29, 1.82) is 0 Å². The zero-order chi connectivity index (χ0) is 13.8. The molecule has 106 valence electrons. The smallest absolute Gasteiger partial charge is 0.295 e. The van der Waals surface area contributed by atoms with Crippen molar-refractivity contribution in [2.24, 2.45) is 5.73 Å². The molecular weight excluding hydrogens is 244 g/mol. The average molecular weight is 266 g/mol. The van der Waals surface area contributed by atoms with E-state index in [1.165, 1.54) is 0 Å². The molecule has 0 aliphatic heterocycles. The fraction of sp³-hybridized carbons (Fsp3) is 0.769. The second-order valence-electron chi connectivity index (χ2n) is 5.20. The van der Waals surface area contributed by atoms with Gasteiger partial charge >= 0.3 is 0 Å². The second kappa shape index (κ2) is 6.14. The molecule has 0 saturated heterocycles. The van der Waals surface area contributed by atoms with Gasteiger partial charge in [0.2, 0.25) is 5.89 Å². The van der Waals surface area contributed by atoms with Gasteiger partial charge in [-0.05, 0) is 32.1 Å². The molecule has 0 radical (unpaired) electrons. The summed E-state index contributed by atoms with van der Waals surface area (Å²) in [4.78, 5) is 18.4. The average Bonchev–Trinajstić information content (AvgIpc) is 2.83. The number of hydrogen-bond acceptors (Lipinski definition) is 5. The van der Waals surface area contributed by atoms with Crippen molar-refractivity contribution in [1.82, 2.24) is 15.0 Å². The Morgan fingerprint density at radius 3 is 2.63 bits per heavy atom. The Bertz CT molecular complexity index is 424. The first kappa shape index (κ1) is 14.0. The lowest BCUT2D eigenvalue weighted by atomic mass is 9.90. The number of aryl methyl sites for hydroxylation is 1. The monoisotopic (exact) mass is 266 g/mol. The molecule has 1 amide bonds.